The Labute approximate surface area is 160 Å². The van der Waals surface area contributed by atoms with Crippen LogP contribution in [0.15, 0.2) is 53.4 Å². The number of thioether (sulfide) groups is 1. The maximum absolute atomic E-state index is 13.3. The Bertz CT molecular complexity index is 895. The van der Waals surface area contributed by atoms with E-state index in [-0.39, 0.29) is 29.4 Å². The third-order valence-electron chi connectivity index (χ3n) is 4.12. The molecule has 0 saturated heterocycles. The van der Waals surface area contributed by atoms with Crippen molar-refractivity contribution in [1.82, 2.24) is 4.90 Å². The summed E-state index contributed by atoms with van der Waals surface area (Å²) < 4.78 is 18.6. The van der Waals surface area contributed by atoms with Crippen LogP contribution in [-0.4, -0.2) is 41.3 Å². The minimum absolute atomic E-state index is 0.0650. The maximum atomic E-state index is 13.3. The van der Waals surface area contributed by atoms with Gasteiger partial charge in [-0.05, 0) is 23.8 Å². The average Bonchev–Trinajstić information content (AvgIpc) is 2.91. The fourth-order valence-corrected chi connectivity index (χ4v) is 3.73. The molecular weight excluding hydrogens is 369 g/mol. The second kappa shape index (κ2) is 8.37. The smallest absolute Gasteiger partial charge is 0.268 e. The SMILES string of the molecule is COc1ccccc1CN1C(=O)C(SCCO)=C(c2ccc(F)cc2)C1=O. The number of amides is 2. The van der Waals surface area contributed by atoms with Crippen LogP contribution < -0.4 is 4.74 Å². The highest BCUT2D eigenvalue weighted by molar-refractivity contribution is 8.04. The highest BCUT2D eigenvalue weighted by atomic mass is 32.2. The molecule has 0 fully saturated rings. The summed E-state index contributed by atoms with van der Waals surface area (Å²) in [5, 5.41) is 9.12. The summed E-state index contributed by atoms with van der Waals surface area (Å²) in [7, 11) is 1.52. The average molecular weight is 387 g/mol. The molecule has 140 valence electrons. The molecule has 2 amide bonds. The van der Waals surface area contributed by atoms with E-state index in [1.165, 1.54) is 31.4 Å². The number of methoxy groups -OCH3 is 1. The van der Waals surface area contributed by atoms with Crippen molar-refractivity contribution in [3.63, 3.8) is 0 Å². The van der Waals surface area contributed by atoms with Crippen molar-refractivity contribution in [3.8, 4) is 5.75 Å². The predicted molar refractivity (Wildman–Crippen MR) is 101 cm³/mol. The Kier molecular flexibility index (Phi) is 5.93. The summed E-state index contributed by atoms with van der Waals surface area (Å²) in [6, 6.07) is 12.6. The minimum Gasteiger partial charge on any atom is -0.496 e. The van der Waals surface area contributed by atoms with Crippen LogP contribution in [0.3, 0.4) is 0 Å². The molecule has 27 heavy (non-hydrogen) atoms. The van der Waals surface area contributed by atoms with Gasteiger partial charge in [-0.3, -0.25) is 14.5 Å². The van der Waals surface area contributed by atoms with Crippen LogP contribution in [0.4, 0.5) is 4.39 Å². The molecule has 0 aliphatic carbocycles. The summed E-state index contributed by atoms with van der Waals surface area (Å²) in [6.07, 6.45) is 0. The molecule has 2 aromatic carbocycles. The molecule has 1 N–H and O–H groups in total. The summed E-state index contributed by atoms with van der Waals surface area (Å²) in [5.41, 5.74) is 1.40. The third kappa shape index (κ3) is 3.89. The predicted octanol–water partition coefficient (Wildman–Crippen LogP) is 2.84. The number of hydrogen-bond donors (Lipinski definition) is 1. The van der Waals surface area contributed by atoms with Gasteiger partial charge in [0.1, 0.15) is 11.6 Å². The number of aliphatic hydroxyl groups is 1. The van der Waals surface area contributed by atoms with Crippen molar-refractivity contribution in [3.05, 3.63) is 70.4 Å². The summed E-state index contributed by atoms with van der Waals surface area (Å²) in [6.45, 7) is -0.0611. The van der Waals surface area contributed by atoms with Crippen LogP contribution >= 0.6 is 11.8 Å². The molecule has 0 aromatic heterocycles. The largest absolute Gasteiger partial charge is 0.496 e. The lowest BCUT2D eigenvalue weighted by Gasteiger charge is -2.17. The fraction of sp³-hybridized carbons (Fsp3) is 0.200. The first-order valence-corrected chi connectivity index (χ1v) is 9.27. The number of aliphatic hydroxyl groups excluding tert-OH is 1. The standard InChI is InChI=1S/C20H18FNO4S/c1-26-16-5-3-2-4-14(16)12-22-19(24)17(13-6-8-15(21)9-7-13)18(20(22)25)27-11-10-23/h2-9,23H,10-12H2,1H3. The van der Waals surface area contributed by atoms with Gasteiger partial charge in [0.05, 0.1) is 30.7 Å². The van der Waals surface area contributed by atoms with Crippen LogP contribution in [0.1, 0.15) is 11.1 Å². The quantitative estimate of drug-likeness (QED) is 0.740. The molecular formula is C20H18FNO4S. The van der Waals surface area contributed by atoms with Crippen molar-refractivity contribution in [2.24, 2.45) is 0 Å². The molecule has 1 heterocycles. The van der Waals surface area contributed by atoms with Crippen molar-refractivity contribution in [2.75, 3.05) is 19.5 Å². The molecule has 0 atom stereocenters. The molecule has 7 heteroatoms. The zero-order valence-electron chi connectivity index (χ0n) is 14.6. The number of carbonyl (C=O) groups excluding carboxylic acids is 2. The van der Waals surface area contributed by atoms with Gasteiger partial charge in [-0.15, -0.1) is 11.8 Å². The lowest BCUT2D eigenvalue weighted by molar-refractivity contribution is -0.137. The van der Waals surface area contributed by atoms with Crippen LogP contribution in [-0.2, 0) is 16.1 Å². The first-order chi connectivity index (χ1) is 13.1. The Balaban J connectivity index is 1.97. The van der Waals surface area contributed by atoms with Gasteiger partial charge in [0.25, 0.3) is 11.8 Å². The Morgan fingerprint density at radius 2 is 1.78 bits per heavy atom. The van der Waals surface area contributed by atoms with E-state index in [1.54, 1.807) is 24.3 Å². The number of hydrogen-bond acceptors (Lipinski definition) is 5. The van der Waals surface area contributed by atoms with Crippen molar-refractivity contribution in [2.45, 2.75) is 6.54 Å². The number of nitrogens with zero attached hydrogens (tertiary/aromatic N) is 1. The van der Waals surface area contributed by atoms with E-state index in [0.717, 1.165) is 16.7 Å². The lowest BCUT2D eigenvalue weighted by atomic mass is 10.1. The Morgan fingerprint density at radius 3 is 2.44 bits per heavy atom. The van der Waals surface area contributed by atoms with Gasteiger partial charge in [-0.2, -0.15) is 0 Å². The second-order valence-corrected chi connectivity index (χ2v) is 6.90. The number of benzene rings is 2. The van der Waals surface area contributed by atoms with Gasteiger partial charge in [0.15, 0.2) is 0 Å². The van der Waals surface area contributed by atoms with Crippen molar-refractivity contribution in [1.29, 1.82) is 0 Å². The van der Waals surface area contributed by atoms with Gasteiger partial charge in [-0.1, -0.05) is 30.3 Å². The number of carbonyl (C=O) groups is 2. The number of para-hydroxylation sites is 1. The van der Waals surface area contributed by atoms with Crippen molar-refractivity contribution < 1.29 is 23.8 Å². The monoisotopic (exact) mass is 387 g/mol. The van der Waals surface area contributed by atoms with E-state index in [0.29, 0.717) is 16.9 Å². The van der Waals surface area contributed by atoms with E-state index in [9.17, 15) is 14.0 Å². The fourth-order valence-electron chi connectivity index (χ4n) is 2.85. The van der Waals surface area contributed by atoms with E-state index >= 15 is 0 Å². The molecule has 0 radical (unpaired) electrons. The van der Waals surface area contributed by atoms with Gasteiger partial charge in [0.2, 0.25) is 0 Å². The maximum Gasteiger partial charge on any atom is 0.268 e. The summed E-state index contributed by atoms with van der Waals surface area (Å²) >= 11 is 1.12. The number of rotatable bonds is 7. The van der Waals surface area contributed by atoms with Crippen molar-refractivity contribution >= 4 is 29.1 Å². The zero-order chi connectivity index (χ0) is 19.4. The first-order valence-electron chi connectivity index (χ1n) is 8.28. The molecule has 1 aliphatic heterocycles. The first kappa shape index (κ1) is 19.1. The summed E-state index contributed by atoms with van der Waals surface area (Å²) in [5.74, 6) is -0.437. The van der Waals surface area contributed by atoms with Crippen LogP contribution in [0.2, 0.25) is 0 Å². The Morgan fingerprint density at radius 1 is 1.07 bits per heavy atom. The molecule has 3 rings (SSSR count). The molecule has 2 aromatic rings. The van der Waals surface area contributed by atoms with E-state index in [4.69, 9.17) is 9.84 Å². The topological polar surface area (TPSA) is 66.8 Å². The van der Waals surface area contributed by atoms with Crippen LogP contribution in [0.25, 0.3) is 5.57 Å². The Hall–Kier alpha value is -2.64. The lowest BCUT2D eigenvalue weighted by Crippen LogP contribution is -2.31. The molecule has 0 unspecified atom stereocenters. The minimum atomic E-state index is -0.446. The molecule has 1 aliphatic rings. The number of halogens is 1. The molecule has 0 bridgehead atoms. The number of ether oxygens (including phenoxy) is 1. The third-order valence-corrected chi connectivity index (χ3v) is 5.17. The van der Waals surface area contributed by atoms with Gasteiger partial charge in [-0.25, -0.2) is 4.39 Å². The van der Waals surface area contributed by atoms with E-state index < -0.39 is 17.6 Å². The summed E-state index contributed by atoms with van der Waals surface area (Å²) in [4.78, 5) is 27.3. The van der Waals surface area contributed by atoms with Gasteiger partial charge in [0, 0.05) is 11.3 Å². The second-order valence-electron chi connectivity index (χ2n) is 5.79. The number of imide groups is 1. The van der Waals surface area contributed by atoms with E-state index in [1.807, 2.05) is 0 Å². The van der Waals surface area contributed by atoms with E-state index in [2.05, 4.69) is 0 Å². The highest BCUT2D eigenvalue weighted by Crippen LogP contribution is 2.37. The molecule has 5 nitrogen and oxygen atoms in total. The molecule has 0 saturated carbocycles. The van der Waals surface area contributed by atoms with Crippen LogP contribution in [0.5, 0.6) is 5.75 Å². The zero-order valence-corrected chi connectivity index (χ0v) is 15.5. The van der Waals surface area contributed by atoms with Gasteiger partial charge >= 0.3 is 0 Å². The normalized spacial score (nSPS) is 14.3. The van der Waals surface area contributed by atoms with Crippen LogP contribution in [0, 0.1) is 5.82 Å². The molecule has 0 spiro atoms. The van der Waals surface area contributed by atoms with Gasteiger partial charge < -0.3 is 9.84 Å². The highest BCUT2D eigenvalue weighted by Gasteiger charge is 2.39.